The van der Waals surface area contributed by atoms with Crippen LogP contribution in [-0.4, -0.2) is 44.4 Å². The number of benzene rings is 1. The maximum Gasteiger partial charge on any atom is 0.333 e. The summed E-state index contributed by atoms with van der Waals surface area (Å²) in [7, 11) is 1.33. The molecule has 0 aliphatic carbocycles. The van der Waals surface area contributed by atoms with Crippen molar-refractivity contribution in [1.82, 2.24) is 0 Å². The topological polar surface area (TPSA) is 105 Å². The van der Waals surface area contributed by atoms with E-state index in [1.165, 1.54) is 7.11 Å². The smallest absolute Gasteiger partial charge is 0.333 e. The van der Waals surface area contributed by atoms with Gasteiger partial charge in [-0.15, -0.1) is 0 Å². The Bertz CT molecular complexity index is 754. The van der Waals surface area contributed by atoms with Crippen LogP contribution in [0.2, 0.25) is 0 Å². The third kappa shape index (κ3) is 10.4. The lowest BCUT2D eigenvalue weighted by molar-refractivity contribution is -0.164. The molecule has 1 rings (SSSR count). The minimum absolute atomic E-state index is 0.122. The van der Waals surface area contributed by atoms with E-state index < -0.39 is 18.7 Å². The summed E-state index contributed by atoms with van der Waals surface area (Å²) in [5, 5.41) is 0. The quantitative estimate of drug-likeness (QED) is 0.158. The van der Waals surface area contributed by atoms with Crippen LogP contribution in [0.25, 0.3) is 0 Å². The molecule has 0 atom stereocenters. The number of methoxy groups -OCH3 is 1. The predicted molar refractivity (Wildman–Crippen MR) is 107 cm³/mol. The fourth-order valence-electron chi connectivity index (χ4n) is 2.49. The SMILES string of the molecule is C=CC(=O)OCOC(=O)CCCCCOC(=O)Cc1cc(CC(=O)OC)ccc1C. The van der Waals surface area contributed by atoms with E-state index in [0.29, 0.717) is 19.3 Å². The Labute approximate surface area is 176 Å². The molecular formula is C22H28O8. The Kier molecular flexibility index (Phi) is 11.5. The molecule has 0 bridgehead atoms. The van der Waals surface area contributed by atoms with Crippen LogP contribution in [-0.2, 0) is 51.0 Å². The van der Waals surface area contributed by atoms with E-state index in [2.05, 4.69) is 16.1 Å². The molecule has 1 aromatic rings. The van der Waals surface area contributed by atoms with Crippen molar-refractivity contribution in [3.8, 4) is 0 Å². The van der Waals surface area contributed by atoms with Gasteiger partial charge in [-0.05, 0) is 42.9 Å². The Morgan fingerprint density at radius 2 is 1.70 bits per heavy atom. The molecule has 0 unspecified atom stereocenters. The molecule has 0 heterocycles. The average Bonchev–Trinajstić information content (AvgIpc) is 2.72. The van der Waals surface area contributed by atoms with E-state index in [1.54, 1.807) is 0 Å². The second-order valence-corrected chi connectivity index (χ2v) is 6.52. The number of unbranched alkanes of at least 4 members (excludes halogenated alkanes) is 2. The molecule has 0 saturated carbocycles. The van der Waals surface area contributed by atoms with Gasteiger partial charge in [-0.1, -0.05) is 24.8 Å². The van der Waals surface area contributed by atoms with Gasteiger partial charge in [-0.3, -0.25) is 14.4 Å². The van der Waals surface area contributed by atoms with E-state index in [1.807, 2.05) is 25.1 Å². The molecule has 164 valence electrons. The predicted octanol–water partition coefficient (Wildman–Crippen LogP) is 2.59. The van der Waals surface area contributed by atoms with Crippen LogP contribution in [0.5, 0.6) is 0 Å². The highest BCUT2D eigenvalue weighted by Crippen LogP contribution is 2.14. The average molecular weight is 420 g/mol. The van der Waals surface area contributed by atoms with Crippen molar-refractivity contribution in [2.75, 3.05) is 20.5 Å². The van der Waals surface area contributed by atoms with Crippen molar-refractivity contribution >= 4 is 23.9 Å². The Morgan fingerprint density at radius 1 is 0.933 bits per heavy atom. The van der Waals surface area contributed by atoms with Crippen LogP contribution < -0.4 is 0 Å². The zero-order chi connectivity index (χ0) is 22.4. The number of esters is 4. The first-order chi connectivity index (χ1) is 14.3. The van der Waals surface area contributed by atoms with Crippen molar-refractivity contribution in [3.05, 3.63) is 47.5 Å². The maximum absolute atomic E-state index is 12.1. The molecule has 0 N–H and O–H groups in total. The van der Waals surface area contributed by atoms with Gasteiger partial charge in [0.1, 0.15) is 0 Å². The number of hydrogen-bond donors (Lipinski definition) is 0. The molecule has 8 heteroatoms. The lowest BCUT2D eigenvalue weighted by atomic mass is 10.0. The third-order valence-electron chi connectivity index (χ3n) is 4.20. The summed E-state index contributed by atoms with van der Waals surface area (Å²) in [6.45, 7) is 4.94. The summed E-state index contributed by atoms with van der Waals surface area (Å²) in [5.74, 6) is -1.81. The molecule has 8 nitrogen and oxygen atoms in total. The monoisotopic (exact) mass is 420 g/mol. The molecule has 0 aliphatic rings. The fraction of sp³-hybridized carbons (Fsp3) is 0.455. The van der Waals surface area contributed by atoms with E-state index in [-0.39, 0.29) is 37.8 Å². The van der Waals surface area contributed by atoms with Crippen molar-refractivity contribution < 1.29 is 38.1 Å². The molecule has 0 saturated heterocycles. The zero-order valence-corrected chi connectivity index (χ0v) is 17.4. The molecule has 0 radical (unpaired) electrons. The van der Waals surface area contributed by atoms with Gasteiger partial charge in [0.05, 0.1) is 26.6 Å². The van der Waals surface area contributed by atoms with Crippen LogP contribution >= 0.6 is 0 Å². The van der Waals surface area contributed by atoms with E-state index in [0.717, 1.165) is 22.8 Å². The largest absolute Gasteiger partial charge is 0.469 e. The van der Waals surface area contributed by atoms with Crippen LogP contribution in [0.15, 0.2) is 30.9 Å². The highest BCUT2D eigenvalue weighted by atomic mass is 16.7. The number of carbonyl (C=O) groups is 4. The Hall–Kier alpha value is -3.16. The Morgan fingerprint density at radius 3 is 2.40 bits per heavy atom. The first-order valence-electron chi connectivity index (χ1n) is 9.61. The van der Waals surface area contributed by atoms with Gasteiger partial charge in [0, 0.05) is 12.5 Å². The van der Waals surface area contributed by atoms with E-state index in [4.69, 9.17) is 9.47 Å². The first-order valence-corrected chi connectivity index (χ1v) is 9.61. The molecule has 0 amide bonds. The molecule has 1 aromatic carbocycles. The van der Waals surface area contributed by atoms with Crippen molar-refractivity contribution in [2.45, 2.75) is 45.4 Å². The lowest BCUT2D eigenvalue weighted by Crippen LogP contribution is -2.12. The number of ether oxygens (including phenoxy) is 4. The van der Waals surface area contributed by atoms with Gasteiger partial charge in [0.2, 0.25) is 6.79 Å². The zero-order valence-electron chi connectivity index (χ0n) is 17.4. The van der Waals surface area contributed by atoms with Crippen LogP contribution in [0.4, 0.5) is 0 Å². The number of rotatable bonds is 13. The summed E-state index contributed by atoms with van der Waals surface area (Å²) >= 11 is 0. The molecule has 0 aliphatic heterocycles. The Balaban J connectivity index is 2.22. The van der Waals surface area contributed by atoms with Gasteiger partial charge in [0.25, 0.3) is 0 Å². The van der Waals surface area contributed by atoms with E-state index in [9.17, 15) is 19.2 Å². The summed E-state index contributed by atoms with van der Waals surface area (Å²) in [4.78, 5) is 45.7. The van der Waals surface area contributed by atoms with Gasteiger partial charge < -0.3 is 18.9 Å². The lowest BCUT2D eigenvalue weighted by Gasteiger charge is -2.09. The third-order valence-corrected chi connectivity index (χ3v) is 4.20. The minimum atomic E-state index is -0.657. The minimum Gasteiger partial charge on any atom is -0.469 e. The summed E-state index contributed by atoms with van der Waals surface area (Å²) < 4.78 is 19.2. The molecular weight excluding hydrogens is 392 g/mol. The highest BCUT2D eigenvalue weighted by molar-refractivity contribution is 5.81. The maximum atomic E-state index is 12.1. The van der Waals surface area contributed by atoms with Gasteiger partial charge in [0.15, 0.2) is 0 Å². The number of hydrogen-bond acceptors (Lipinski definition) is 8. The van der Waals surface area contributed by atoms with Gasteiger partial charge in [-0.2, -0.15) is 0 Å². The normalized spacial score (nSPS) is 10.1. The second-order valence-electron chi connectivity index (χ2n) is 6.52. The number of carbonyl (C=O) groups excluding carboxylic acids is 4. The van der Waals surface area contributed by atoms with Crippen molar-refractivity contribution in [1.29, 1.82) is 0 Å². The second kappa shape index (κ2) is 13.9. The van der Waals surface area contributed by atoms with Crippen LogP contribution in [0.3, 0.4) is 0 Å². The van der Waals surface area contributed by atoms with Gasteiger partial charge >= 0.3 is 23.9 Å². The van der Waals surface area contributed by atoms with Crippen molar-refractivity contribution in [3.63, 3.8) is 0 Å². The van der Waals surface area contributed by atoms with Crippen molar-refractivity contribution in [2.24, 2.45) is 0 Å². The van der Waals surface area contributed by atoms with E-state index >= 15 is 0 Å². The summed E-state index contributed by atoms with van der Waals surface area (Å²) in [5.41, 5.74) is 2.53. The van der Waals surface area contributed by atoms with Crippen LogP contribution in [0, 0.1) is 6.92 Å². The van der Waals surface area contributed by atoms with Crippen LogP contribution in [0.1, 0.15) is 42.4 Å². The fourth-order valence-corrected chi connectivity index (χ4v) is 2.49. The molecule has 30 heavy (non-hydrogen) atoms. The summed E-state index contributed by atoms with van der Waals surface area (Å²) in [6, 6.07) is 5.50. The molecule has 0 aromatic heterocycles. The molecule has 0 fully saturated rings. The first kappa shape index (κ1) is 24.9. The highest BCUT2D eigenvalue weighted by Gasteiger charge is 2.11. The number of aryl methyl sites for hydroxylation is 1. The standard InChI is InChI=1S/C22H28O8/c1-4-19(23)29-15-30-20(24)8-6-5-7-11-28-22(26)14-18-12-17(10-9-16(18)2)13-21(25)27-3/h4,9-10,12H,1,5-8,11,13-15H2,2-3H3. The molecule has 0 spiro atoms. The van der Waals surface area contributed by atoms with Gasteiger partial charge in [-0.25, -0.2) is 4.79 Å². The summed E-state index contributed by atoms with van der Waals surface area (Å²) in [6.07, 6.45) is 3.31.